The highest BCUT2D eigenvalue weighted by molar-refractivity contribution is 5.89. The van der Waals surface area contributed by atoms with Crippen LogP contribution in [-0.2, 0) is 0 Å². The van der Waals surface area contributed by atoms with Crippen molar-refractivity contribution in [2.75, 3.05) is 5.32 Å². The van der Waals surface area contributed by atoms with Crippen molar-refractivity contribution in [2.24, 2.45) is 0 Å². The van der Waals surface area contributed by atoms with Crippen LogP contribution in [0.3, 0.4) is 0 Å². The fourth-order valence-electron chi connectivity index (χ4n) is 1.72. The first kappa shape index (κ1) is 13.1. The SMILES string of the molecule is CC(C)NC(=O)Nc1ccc(-c2ccncc2)cc1. The number of rotatable bonds is 3. The van der Waals surface area contributed by atoms with Gasteiger partial charge in [0.05, 0.1) is 0 Å². The lowest BCUT2D eigenvalue weighted by atomic mass is 10.1. The number of nitrogens with zero attached hydrogens (tertiary/aromatic N) is 1. The number of aromatic nitrogens is 1. The maximum atomic E-state index is 11.5. The van der Waals surface area contributed by atoms with E-state index >= 15 is 0 Å². The average Bonchev–Trinajstić information content (AvgIpc) is 2.39. The van der Waals surface area contributed by atoms with E-state index in [2.05, 4.69) is 15.6 Å². The number of pyridine rings is 1. The molecule has 0 fully saturated rings. The third-order valence-electron chi connectivity index (χ3n) is 2.58. The highest BCUT2D eigenvalue weighted by Gasteiger charge is 2.03. The summed E-state index contributed by atoms with van der Waals surface area (Å²) in [6.45, 7) is 3.85. The van der Waals surface area contributed by atoms with E-state index < -0.39 is 0 Å². The molecule has 1 aromatic carbocycles. The van der Waals surface area contributed by atoms with Gasteiger partial charge in [-0.05, 0) is 49.2 Å². The van der Waals surface area contributed by atoms with Crippen molar-refractivity contribution in [3.63, 3.8) is 0 Å². The molecule has 0 radical (unpaired) electrons. The largest absolute Gasteiger partial charge is 0.336 e. The molecule has 2 aromatic rings. The van der Waals surface area contributed by atoms with Crippen LogP contribution in [0.1, 0.15) is 13.8 Å². The number of amides is 2. The van der Waals surface area contributed by atoms with Gasteiger partial charge in [0.2, 0.25) is 0 Å². The molecule has 98 valence electrons. The Hall–Kier alpha value is -2.36. The first-order valence-corrected chi connectivity index (χ1v) is 6.23. The van der Waals surface area contributed by atoms with E-state index in [0.717, 1.165) is 16.8 Å². The van der Waals surface area contributed by atoms with Crippen molar-refractivity contribution < 1.29 is 4.79 Å². The molecule has 0 saturated heterocycles. The van der Waals surface area contributed by atoms with Crippen LogP contribution < -0.4 is 10.6 Å². The summed E-state index contributed by atoms with van der Waals surface area (Å²) >= 11 is 0. The number of benzene rings is 1. The van der Waals surface area contributed by atoms with Crippen LogP contribution >= 0.6 is 0 Å². The minimum absolute atomic E-state index is 0.121. The summed E-state index contributed by atoms with van der Waals surface area (Å²) in [5.74, 6) is 0. The van der Waals surface area contributed by atoms with E-state index in [1.807, 2.05) is 50.2 Å². The summed E-state index contributed by atoms with van der Waals surface area (Å²) in [6.07, 6.45) is 3.52. The van der Waals surface area contributed by atoms with Crippen LogP contribution in [-0.4, -0.2) is 17.1 Å². The molecule has 2 rings (SSSR count). The summed E-state index contributed by atoms with van der Waals surface area (Å²) < 4.78 is 0. The molecule has 0 aliphatic carbocycles. The van der Waals surface area contributed by atoms with Crippen molar-refractivity contribution in [3.8, 4) is 11.1 Å². The second-order valence-corrected chi connectivity index (χ2v) is 4.57. The molecule has 0 spiro atoms. The molecular formula is C15H17N3O. The van der Waals surface area contributed by atoms with Crippen molar-refractivity contribution in [1.82, 2.24) is 10.3 Å². The summed E-state index contributed by atoms with van der Waals surface area (Å²) in [5.41, 5.74) is 2.97. The minimum Gasteiger partial charge on any atom is -0.336 e. The number of hydrogen-bond donors (Lipinski definition) is 2. The number of nitrogens with one attached hydrogen (secondary N) is 2. The Balaban J connectivity index is 2.05. The summed E-state index contributed by atoms with van der Waals surface area (Å²) in [7, 11) is 0. The molecule has 0 bridgehead atoms. The fourth-order valence-corrected chi connectivity index (χ4v) is 1.72. The lowest BCUT2D eigenvalue weighted by Gasteiger charge is -2.10. The molecule has 0 aliphatic rings. The first-order chi connectivity index (χ1) is 9.15. The quantitative estimate of drug-likeness (QED) is 0.884. The summed E-state index contributed by atoms with van der Waals surface area (Å²) in [6, 6.07) is 11.6. The van der Waals surface area contributed by atoms with E-state index in [4.69, 9.17) is 0 Å². The van der Waals surface area contributed by atoms with Gasteiger partial charge in [0.25, 0.3) is 0 Å². The maximum Gasteiger partial charge on any atom is 0.319 e. The predicted molar refractivity (Wildman–Crippen MR) is 77.0 cm³/mol. The van der Waals surface area contributed by atoms with Gasteiger partial charge in [-0.25, -0.2) is 4.79 Å². The zero-order valence-electron chi connectivity index (χ0n) is 11.1. The van der Waals surface area contributed by atoms with Gasteiger partial charge in [0, 0.05) is 24.1 Å². The van der Waals surface area contributed by atoms with E-state index in [1.54, 1.807) is 12.4 Å². The first-order valence-electron chi connectivity index (χ1n) is 6.23. The van der Waals surface area contributed by atoms with Crippen LogP contribution in [0, 0.1) is 0 Å². The number of urea groups is 1. The standard InChI is InChI=1S/C15H17N3O/c1-11(2)17-15(19)18-14-5-3-12(4-6-14)13-7-9-16-10-8-13/h3-11H,1-2H3,(H2,17,18,19). The van der Waals surface area contributed by atoms with Crippen molar-refractivity contribution in [1.29, 1.82) is 0 Å². The number of carbonyl (C=O) groups excluding carboxylic acids is 1. The van der Waals surface area contributed by atoms with Crippen molar-refractivity contribution in [2.45, 2.75) is 19.9 Å². The van der Waals surface area contributed by atoms with Gasteiger partial charge in [-0.15, -0.1) is 0 Å². The van der Waals surface area contributed by atoms with Gasteiger partial charge < -0.3 is 10.6 Å². The molecule has 0 aliphatic heterocycles. The molecule has 1 heterocycles. The average molecular weight is 255 g/mol. The number of hydrogen-bond acceptors (Lipinski definition) is 2. The number of carbonyl (C=O) groups is 1. The Kier molecular flexibility index (Phi) is 4.13. The molecule has 19 heavy (non-hydrogen) atoms. The Labute approximate surface area is 112 Å². The second-order valence-electron chi connectivity index (χ2n) is 4.57. The summed E-state index contributed by atoms with van der Waals surface area (Å²) in [5, 5.41) is 5.57. The Morgan fingerprint density at radius 2 is 1.58 bits per heavy atom. The molecule has 4 nitrogen and oxygen atoms in total. The Morgan fingerprint density at radius 1 is 1.00 bits per heavy atom. The smallest absolute Gasteiger partial charge is 0.319 e. The van der Waals surface area contributed by atoms with Crippen LogP contribution in [0.25, 0.3) is 11.1 Å². The Morgan fingerprint density at radius 3 is 2.16 bits per heavy atom. The molecule has 4 heteroatoms. The van der Waals surface area contributed by atoms with Crippen LogP contribution in [0.2, 0.25) is 0 Å². The number of anilines is 1. The summed E-state index contributed by atoms with van der Waals surface area (Å²) in [4.78, 5) is 15.5. The molecule has 1 aromatic heterocycles. The Bertz CT molecular complexity index is 535. The molecule has 0 unspecified atom stereocenters. The van der Waals surface area contributed by atoms with Gasteiger partial charge in [-0.1, -0.05) is 12.1 Å². The van der Waals surface area contributed by atoms with Crippen molar-refractivity contribution >= 4 is 11.7 Å². The second kappa shape index (κ2) is 6.00. The monoisotopic (exact) mass is 255 g/mol. The van der Waals surface area contributed by atoms with E-state index in [-0.39, 0.29) is 12.1 Å². The molecule has 0 atom stereocenters. The lowest BCUT2D eigenvalue weighted by Crippen LogP contribution is -2.34. The van der Waals surface area contributed by atoms with Gasteiger partial charge in [0.1, 0.15) is 0 Å². The third kappa shape index (κ3) is 3.81. The molecule has 0 saturated carbocycles. The minimum atomic E-state index is -0.188. The van der Waals surface area contributed by atoms with Gasteiger partial charge in [-0.2, -0.15) is 0 Å². The van der Waals surface area contributed by atoms with Crippen LogP contribution in [0.5, 0.6) is 0 Å². The van der Waals surface area contributed by atoms with E-state index in [0.29, 0.717) is 0 Å². The van der Waals surface area contributed by atoms with Crippen LogP contribution in [0.4, 0.5) is 10.5 Å². The van der Waals surface area contributed by atoms with Gasteiger partial charge in [-0.3, -0.25) is 4.98 Å². The highest BCUT2D eigenvalue weighted by Crippen LogP contribution is 2.20. The third-order valence-corrected chi connectivity index (χ3v) is 2.58. The molecular weight excluding hydrogens is 238 g/mol. The topological polar surface area (TPSA) is 54.0 Å². The maximum absolute atomic E-state index is 11.5. The fraction of sp³-hybridized carbons (Fsp3) is 0.200. The van der Waals surface area contributed by atoms with E-state index in [1.165, 1.54) is 0 Å². The predicted octanol–water partition coefficient (Wildman–Crippen LogP) is 3.28. The highest BCUT2D eigenvalue weighted by atomic mass is 16.2. The molecule has 2 amide bonds. The zero-order valence-corrected chi connectivity index (χ0v) is 11.1. The van der Waals surface area contributed by atoms with E-state index in [9.17, 15) is 4.79 Å². The van der Waals surface area contributed by atoms with Gasteiger partial charge >= 0.3 is 6.03 Å². The normalized spacial score (nSPS) is 10.3. The molecule has 2 N–H and O–H groups in total. The van der Waals surface area contributed by atoms with Gasteiger partial charge in [0.15, 0.2) is 0 Å². The lowest BCUT2D eigenvalue weighted by molar-refractivity contribution is 0.250. The van der Waals surface area contributed by atoms with Crippen LogP contribution in [0.15, 0.2) is 48.8 Å². The zero-order chi connectivity index (χ0) is 13.7. The van der Waals surface area contributed by atoms with Crippen molar-refractivity contribution in [3.05, 3.63) is 48.8 Å².